The lowest BCUT2D eigenvalue weighted by Gasteiger charge is -2.29. The van der Waals surface area contributed by atoms with Crippen LogP contribution in [0.25, 0.3) is 0 Å². The third kappa shape index (κ3) is 4.38. The first kappa shape index (κ1) is 10.9. The van der Waals surface area contributed by atoms with E-state index in [1.54, 1.807) is 6.92 Å². The molecule has 0 saturated heterocycles. The maximum atomic E-state index is 9.02. The molecule has 0 aliphatic heterocycles. The Kier molecular flexibility index (Phi) is 4.69. The highest BCUT2D eigenvalue weighted by molar-refractivity contribution is 4.72. The monoisotopic (exact) mass is 160 g/mol. The largest absolute Gasteiger partial charge is 0.368 e. The number of ether oxygens (including phenoxy) is 1. The summed E-state index contributed by atoms with van der Waals surface area (Å²) in [7, 11) is 0. The summed E-state index contributed by atoms with van der Waals surface area (Å²) in [4.78, 5) is 0. The molecule has 0 aromatic rings. The molecular weight excluding hydrogens is 140 g/mol. The van der Waals surface area contributed by atoms with Crippen LogP contribution in [0.15, 0.2) is 0 Å². The minimum absolute atomic E-state index is 0.136. The lowest BCUT2D eigenvalue weighted by atomic mass is 9.97. The second-order valence-electron chi connectivity index (χ2n) is 3.27. The molecule has 1 N–H and O–H groups in total. The fourth-order valence-corrected chi connectivity index (χ4v) is 1.26. The van der Waals surface area contributed by atoms with Crippen molar-refractivity contribution in [2.45, 2.75) is 58.8 Å². The molecule has 2 nitrogen and oxygen atoms in total. The van der Waals surface area contributed by atoms with Crippen molar-refractivity contribution in [1.82, 2.24) is 0 Å². The van der Waals surface area contributed by atoms with Crippen molar-refractivity contribution < 1.29 is 9.84 Å². The van der Waals surface area contributed by atoms with Crippen LogP contribution in [0, 0.1) is 0 Å². The van der Waals surface area contributed by atoms with E-state index in [4.69, 9.17) is 9.84 Å². The first-order valence-electron chi connectivity index (χ1n) is 4.40. The van der Waals surface area contributed by atoms with Gasteiger partial charge in [-0.05, 0) is 26.7 Å². The van der Waals surface area contributed by atoms with Crippen molar-refractivity contribution >= 4 is 0 Å². The molecule has 2 atom stereocenters. The molecule has 2 heteroatoms. The summed E-state index contributed by atoms with van der Waals surface area (Å²) in [5.74, 6) is 0. The SMILES string of the molecule is CCCC(C)(CC)OC(C)O. The van der Waals surface area contributed by atoms with Gasteiger partial charge in [-0.1, -0.05) is 20.3 Å². The molecular formula is C9H20O2. The number of hydrogen-bond donors (Lipinski definition) is 1. The van der Waals surface area contributed by atoms with Crippen LogP contribution in [0.2, 0.25) is 0 Å². The first-order valence-corrected chi connectivity index (χ1v) is 4.40. The summed E-state index contributed by atoms with van der Waals surface area (Å²) in [5, 5.41) is 9.02. The highest BCUT2D eigenvalue weighted by Crippen LogP contribution is 2.22. The Bertz CT molecular complexity index is 102. The molecule has 0 radical (unpaired) electrons. The van der Waals surface area contributed by atoms with Crippen LogP contribution in [0.3, 0.4) is 0 Å². The molecule has 0 aromatic heterocycles. The van der Waals surface area contributed by atoms with Crippen molar-refractivity contribution in [2.75, 3.05) is 0 Å². The van der Waals surface area contributed by atoms with Gasteiger partial charge in [0, 0.05) is 0 Å². The van der Waals surface area contributed by atoms with Crippen molar-refractivity contribution in [3.8, 4) is 0 Å². The van der Waals surface area contributed by atoms with Crippen molar-refractivity contribution in [1.29, 1.82) is 0 Å². The molecule has 0 aromatic carbocycles. The van der Waals surface area contributed by atoms with Crippen LogP contribution >= 0.6 is 0 Å². The summed E-state index contributed by atoms with van der Waals surface area (Å²) in [5.41, 5.74) is -0.136. The molecule has 0 aliphatic rings. The second-order valence-corrected chi connectivity index (χ2v) is 3.27. The lowest BCUT2D eigenvalue weighted by molar-refractivity contribution is -0.173. The zero-order valence-electron chi connectivity index (χ0n) is 8.05. The van der Waals surface area contributed by atoms with Gasteiger partial charge in [-0.3, -0.25) is 0 Å². The predicted molar refractivity (Wildman–Crippen MR) is 46.4 cm³/mol. The van der Waals surface area contributed by atoms with Gasteiger partial charge in [0.25, 0.3) is 0 Å². The summed E-state index contributed by atoms with van der Waals surface area (Å²) < 4.78 is 5.38. The molecule has 0 amide bonds. The Morgan fingerprint density at radius 1 is 1.45 bits per heavy atom. The van der Waals surface area contributed by atoms with Crippen LogP contribution in [0.5, 0.6) is 0 Å². The van der Waals surface area contributed by atoms with E-state index in [2.05, 4.69) is 13.8 Å². The van der Waals surface area contributed by atoms with Crippen molar-refractivity contribution in [2.24, 2.45) is 0 Å². The summed E-state index contributed by atoms with van der Waals surface area (Å²) in [6.45, 7) is 7.91. The van der Waals surface area contributed by atoms with Crippen LogP contribution in [-0.2, 0) is 4.74 Å². The summed E-state index contributed by atoms with van der Waals surface area (Å²) in [6.07, 6.45) is 2.41. The molecule has 0 aliphatic carbocycles. The fraction of sp³-hybridized carbons (Fsp3) is 1.00. The van der Waals surface area contributed by atoms with E-state index in [-0.39, 0.29) is 5.60 Å². The number of aliphatic hydroxyl groups is 1. The Hall–Kier alpha value is -0.0800. The number of hydrogen-bond acceptors (Lipinski definition) is 2. The van der Waals surface area contributed by atoms with E-state index in [1.165, 1.54) is 0 Å². The zero-order valence-corrected chi connectivity index (χ0v) is 8.05. The van der Waals surface area contributed by atoms with Gasteiger partial charge < -0.3 is 9.84 Å². The zero-order chi connectivity index (χ0) is 8.91. The van der Waals surface area contributed by atoms with Gasteiger partial charge in [-0.25, -0.2) is 0 Å². The molecule has 0 rings (SSSR count). The molecule has 0 saturated carbocycles. The van der Waals surface area contributed by atoms with Gasteiger partial charge in [-0.2, -0.15) is 0 Å². The molecule has 0 heterocycles. The highest BCUT2D eigenvalue weighted by Gasteiger charge is 2.23. The van der Waals surface area contributed by atoms with Gasteiger partial charge in [-0.15, -0.1) is 0 Å². The van der Waals surface area contributed by atoms with Crippen LogP contribution in [0.1, 0.15) is 47.0 Å². The number of rotatable bonds is 5. The Balaban J connectivity index is 3.87. The number of aliphatic hydroxyl groups excluding tert-OH is 1. The van der Waals surface area contributed by atoms with Crippen molar-refractivity contribution in [3.63, 3.8) is 0 Å². The van der Waals surface area contributed by atoms with E-state index >= 15 is 0 Å². The summed E-state index contributed by atoms with van der Waals surface area (Å²) >= 11 is 0. The lowest BCUT2D eigenvalue weighted by Crippen LogP contribution is -2.31. The molecule has 2 unspecified atom stereocenters. The van der Waals surface area contributed by atoms with E-state index in [0.29, 0.717) is 0 Å². The molecule has 68 valence electrons. The topological polar surface area (TPSA) is 29.5 Å². The maximum absolute atomic E-state index is 9.02. The minimum atomic E-state index is -0.647. The van der Waals surface area contributed by atoms with Gasteiger partial charge >= 0.3 is 0 Å². The molecule has 0 bridgehead atoms. The Morgan fingerprint density at radius 2 is 2.00 bits per heavy atom. The normalized spacial score (nSPS) is 19.4. The van der Waals surface area contributed by atoms with Crippen LogP contribution in [0.4, 0.5) is 0 Å². The smallest absolute Gasteiger partial charge is 0.152 e. The van der Waals surface area contributed by atoms with Crippen LogP contribution in [-0.4, -0.2) is 17.0 Å². The average Bonchev–Trinajstić information content (AvgIpc) is 1.87. The third-order valence-corrected chi connectivity index (χ3v) is 1.98. The van der Waals surface area contributed by atoms with Gasteiger partial charge in [0.1, 0.15) is 0 Å². The van der Waals surface area contributed by atoms with E-state index < -0.39 is 6.29 Å². The average molecular weight is 160 g/mol. The fourth-order valence-electron chi connectivity index (χ4n) is 1.26. The minimum Gasteiger partial charge on any atom is -0.368 e. The highest BCUT2D eigenvalue weighted by atomic mass is 16.6. The quantitative estimate of drug-likeness (QED) is 0.625. The molecule has 11 heavy (non-hydrogen) atoms. The molecule has 0 fully saturated rings. The van der Waals surface area contributed by atoms with Crippen molar-refractivity contribution in [3.05, 3.63) is 0 Å². The van der Waals surface area contributed by atoms with Crippen LogP contribution < -0.4 is 0 Å². The predicted octanol–water partition coefficient (Wildman–Crippen LogP) is 2.31. The third-order valence-electron chi connectivity index (χ3n) is 1.98. The van der Waals surface area contributed by atoms with E-state index in [9.17, 15) is 0 Å². The first-order chi connectivity index (χ1) is 5.04. The molecule has 0 spiro atoms. The Morgan fingerprint density at radius 3 is 2.27 bits per heavy atom. The van der Waals surface area contributed by atoms with E-state index in [1.807, 2.05) is 6.92 Å². The second kappa shape index (κ2) is 4.73. The summed E-state index contributed by atoms with van der Waals surface area (Å²) in [6, 6.07) is 0. The van der Waals surface area contributed by atoms with Gasteiger partial charge in [0.15, 0.2) is 6.29 Å². The van der Waals surface area contributed by atoms with Gasteiger partial charge in [0.2, 0.25) is 0 Å². The van der Waals surface area contributed by atoms with E-state index in [0.717, 1.165) is 19.3 Å². The van der Waals surface area contributed by atoms with Gasteiger partial charge in [0.05, 0.1) is 5.60 Å². The maximum Gasteiger partial charge on any atom is 0.152 e. The Labute approximate surface area is 69.6 Å². The standard InChI is InChI=1S/C9H20O2/c1-5-7-9(4,6-2)11-8(3)10/h8,10H,5-7H2,1-4H3.